The lowest BCUT2D eigenvalue weighted by Gasteiger charge is -2.40. The van der Waals surface area contributed by atoms with Crippen LogP contribution in [0.15, 0.2) is 60.8 Å². The van der Waals surface area contributed by atoms with Crippen LogP contribution in [0, 0.1) is 0 Å². The number of rotatable bonds is 45. The van der Waals surface area contributed by atoms with Crippen molar-refractivity contribution in [1.29, 1.82) is 0 Å². The van der Waals surface area contributed by atoms with Gasteiger partial charge in [-0.05, 0) is 89.9 Å². The zero-order valence-electron chi connectivity index (χ0n) is 42.4. The lowest BCUT2D eigenvalue weighted by Crippen LogP contribution is -2.60. The summed E-state index contributed by atoms with van der Waals surface area (Å²) in [6, 6.07) is -1.20. The Balaban J connectivity index is 2.33. The summed E-state index contributed by atoms with van der Waals surface area (Å²) in [4.78, 5) is 13.1. The van der Waals surface area contributed by atoms with Crippen LogP contribution in [0.2, 0.25) is 0 Å². The number of carbonyl (C=O) groups excluding carboxylic acids is 1. The van der Waals surface area contributed by atoms with E-state index in [0.29, 0.717) is 19.3 Å². The SMILES string of the molecule is CCC/C=C/CC/C=C/CC/C=C/CCCC(O)C(O)C(COC1OC(CO)C(O)C(O)C1O)NC(=O)C(O)CCCCCCCCCCCC/C=C\C/C=C\CCCCCCCCCCC. The molecule has 1 heterocycles. The predicted octanol–water partition coefficient (Wildman–Crippen LogP) is 10.7. The summed E-state index contributed by atoms with van der Waals surface area (Å²) in [5.74, 6) is -0.717. The van der Waals surface area contributed by atoms with Crippen LogP contribution in [0.5, 0.6) is 0 Å². The molecule has 0 radical (unpaired) electrons. The summed E-state index contributed by atoms with van der Waals surface area (Å²) < 4.78 is 11.1. The van der Waals surface area contributed by atoms with Crippen LogP contribution >= 0.6 is 0 Å². The van der Waals surface area contributed by atoms with Gasteiger partial charge in [-0.15, -0.1) is 0 Å². The van der Waals surface area contributed by atoms with Crippen LogP contribution in [-0.4, -0.2) is 110 Å². The monoisotopic (exact) mass is 948 g/mol. The summed E-state index contributed by atoms with van der Waals surface area (Å²) in [6.45, 7) is 3.36. The number of hydrogen-bond acceptors (Lipinski definition) is 10. The van der Waals surface area contributed by atoms with Gasteiger partial charge in [0.2, 0.25) is 5.91 Å². The molecule has 0 aliphatic carbocycles. The molecule has 11 heteroatoms. The molecule has 0 aromatic carbocycles. The Kier molecular flexibility index (Phi) is 42.2. The van der Waals surface area contributed by atoms with Crippen molar-refractivity contribution in [2.75, 3.05) is 13.2 Å². The van der Waals surface area contributed by atoms with Gasteiger partial charge >= 0.3 is 0 Å². The summed E-state index contributed by atoms with van der Waals surface area (Å²) in [5, 5.41) is 75.9. The van der Waals surface area contributed by atoms with Crippen LogP contribution < -0.4 is 5.32 Å². The number of aliphatic hydroxyl groups excluding tert-OH is 7. The maximum absolute atomic E-state index is 13.1. The predicted molar refractivity (Wildman–Crippen MR) is 274 cm³/mol. The van der Waals surface area contributed by atoms with Crippen LogP contribution in [0.25, 0.3) is 0 Å². The summed E-state index contributed by atoms with van der Waals surface area (Å²) in [7, 11) is 0. The molecular weight excluding hydrogens is 847 g/mol. The Hall–Kier alpha value is -2.19. The molecule has 9 atom stereocenters. The van der Waals surface area contributed by atoms with E-state index in [2.05, 4.69) is 79.9 Å². The van der Waals surface area contributed by atoms with Gasteiger partial charge in [0.05, 0.1) is 25.4 Å². The fourth-order valence-corrected chi connectivity index (χ4v) is 8.28. The molecule has 0 aromatic heterocycles. The van der Waals surface area contributed by atoms with Gasteiger partial charge in [0.15, 0.2) is 6.29 Å². The minimum Gasteiger partial charge on any atom is -0.394 e. The van der Waals surface area contributed by atoms with E-state index in [1.807, 2.05) is 0 Å². The van der Waals surface area contributed by atoms with Crippen LogP contribution in [-0.2, 0) is 14.3 Å². The molecule has 1 saturated heterocycles. The van der Waals surface area contributed by atoms with Gasteiger partial charge in [-0.2, -0.15) is 0 Å². The van der Waals surface area contributed by atoms with Gasteiger partial charge in [0.25, 0.3) is 0 Å². The standard InChI is InChI=1S/C56H101NO10/c1-3-5-7-9-11-13-15-17-19-20-21-22-23-24-25-26-27-28-29-30-32-34-36-38-40-42-44-49(60)55(65)57-47(46-66-56-54(64)53(63)52(62)50(45-58)67-56)51(61)48(59)43-41-39-37-35-33-31-18-16-14-12-10-8-6-4-2/h8,10,16,18,21-22,24-25,35,37,47-54,56,58-64H,3-7,9,11-15,17,19-20,23,26-34,36,38-46H2,1-2H3,(H,57,65)/b10-8+,18-16+,22-21-,25-24-,37-35+. The van der Waals surface area contributed by atoms with E-state index >= 15 is 0 Å². The summed E-state index contributed by atoms with van der Waals surface area (Å²) >= 11 is 0. The molecule has 1 aliphatic heterocycles. The second-order valence-corrected chi connectivity index (χ2v) is 18.9. The highest BCUT2D eigenvalue weighted by atomic mass is 16.7. The molecule has 0 spiro atoms. The second-order valence-electron chi connectivity index (χ2n) is 18.9. The average Bonchev–Trinajstić information content (AvgIpc) is 3.33. The molecule has 11 nitrogen and oxygen atoms in total. The molecule has 9 unspecified atom stereocenters. The Labute approximate surface area is 408 Å². The third-order valence-electron chi connectivity index (χ3n) is 12.7. The van der Waals surface area contributed by atoms with Crippen LogP contribution in [0.3, 0.4) is 0 Å². The van der Waals surface area contributed by atoms with Gasteiger partial charge < -0.3 is 50.5 Å². The van der Waals surface area contributed by atoms with Crippen molar-refractivity contribution in [1.82, 2.24) is 5.32 Å². The zero-order chi connectivity index (χ0) is 49.0. The van der Waals surface area contributed by atoms with E-state index < -0.39 is 74.2 Å². The fraction of sp³-hybridized carbons (Fsp3) is 0.804. The maximum Gasteiger partial charge on any atom is 0.249 e. The number of nitrogens with one attached hydrogen (secondary N) is 1. The largest absolute Gasteiger partial charge is 0.394 e. The number of aliphatic hydroxyl groups is 7. The highest BCUT2D eigenvalue weighted by Crippen LogP contribution is 2.23. The van der Waals surface area contributed by atoms with E-state index in [-0.39, 0.29) is 12.8 Å². The molecule has 0 saturated carbocycles. The summed E-state index contributed by atoms with van der Waals surface area (Å²) in [6.07, 6.45) is 45.6. The molecule has 1 aliphatic rings. The first-order valence-electron chi connectivity index (χ1n) is 27.2. The van der Waals surface area contributed by atoms with E-state index in [9.17, 15) is 40.5 Å². The third-order valence-corrected chi connectivity index (χ3v) is 12.7. The number of amides is 1. The van der Waals surface area contributed by atoms with Crippen molar-refractivity contribution in [3.05, 3.63) is 60.8 Å². The number of ether oxygens (including phenoxy) is 2. The van der Waals surface area contributed by atoms with E-state index in [0.717, 1.165) is 64.2 Å². The van der Waals surface area contributed by atoms with E-state index in [1.165, 1.54) is 109 Å². The molecule has 0 bridgehead atoms. The minimum absolute atomic E-state index is 0.237. The van der Waals surface area contributed by atoms with Gasteiger partial charge in [-0.1, -0.05) is 190 Å². The maximum atomic E-state index is 13.1. The van der Waals surface area contributed by atoms with Gasteiger partial charge in [0, 0.05) is 0 Å². The van der Waals surface area contributed by atoms with Crippen LogP contribution in [0.4, 0.5) is 0 Å². The van der Waals surface area contributed by atoms with Gasteiger partial charge in [-0.3, -0.25) is 4.79 Å². The highest BCUT2D eigenvalue weighted by molar-refractivity contribution is 5.80. The Bertz CT molecular complexity index is 1270. The third kappa shape index (κ3) is 33.9. The lowest BCUT2D eigenvalue weighted by atomic mass is 9.98. The van der Waals surface area contributed by atoms with Gasteiger partial charge in [0.1, 0.15) is 36.6 Å². The van der Waals surface area contributed by atoms with Crippen molar-refractivity contribution >= 4 is 5.91 Å². The molecule has 1 rings (SSSR count). The zero-order valence-corrected chi connectivity index (χ0v) is 42.4. The number of allylic oxidation sites excluding steroid dienone is 10. The smallest absolute Gasteiger partial charge is 0.249 e. The van der Waals surface area contributed by atoms with Gasteiger partial charge in [-0.25, -0.2) is 0 Å². The molecule has 0 aromatic rings. The minimum atomic E-state index is -1.67. The Morgan fingerprint density at radius 3 is 1.48 bits per heavy atom. The number of carbonyl (C=O) groups is 1. The molecule has 1 amide bonds. The van der Waals surface area contributed by atoms with Crippen molar-refractivity contribution in [3.63, 3.8) is 0 Å². The van der Waals surface area contributed by atoms with E-state index in [1.54, 1.807) is 0 Å². The van der Waals surface area contributed by atoms with Crippen molar-refractivity contribution < 1.29 is 50.0 Å². The summed E-state index contributed by atoms with van der Waals surface area (Å²) in [5.41, 5.74) is 0. The highest BCUT2D eigenvalue weighted by Gasteiger charge is 2.44. The number of unbranched alkanes of at least 4 members (excludes halogenated alkanes) is 23. The Morgan fingerprint density at radius 1 is 0.522 bits per heavy atom. The first-order chi connectivity index (χ1) is 32.7. The quantitative estimate of drug-likeness (QED) is 0.0215. The molecule has 8 N–H and O–H groups in total. The van der Waals surface area contributed by atoms with Crippen LogP contribution in [0.1, 0.15) is 219 Å². The molecule has 390 valence electrons. The van der Waals surface area contributed by atoms with E-state index in [4.69, 9.17) is 9.47 Å². The topological polar surface area (TPSA) is 189 Å². The first kappa shape index (κ1) is 62.8. The normalized spacial score (nSPS) is 21.1. The lowest BCUT2D eigenvalue weighted by molar-refractivity contribution is -0.303. The first-order valence-corrected chi connectivity index (χ1v) is 27.2. The van der Waals surface area contributed by atoms with Crippen molar-refractivity contribution in [3.8, 4) is 0 Å². The van der Waals surface area contributed by atoms with Crippen molar-refractivity contribution in [2.24, 2.45) is 0 Å². The van der Waals surface area contributed by atoms with Crippen molar-refractivity contribution in [2.45, 2.75) is 274 Å². The molecule has 1 fully saturated rings. The molecular formula is C56H101NO10. The number of hydrogen-bond donors (Lipinski definition) is 8. The second kappa shape index (κ2) is 45.0. The fourth-order valence-electron chi connectivity index (χ4n) is 8.28. The molecule has 67 heavy (non-hydrogen) atoms. The average molecular weight is 948 g/mol. The Morgan fingerprint density at radius 2 is 0.970 bits per heavy atom.